The minimum Gasteiger partial charge on any atom is -0.352 e. The summed E-state index contributed by atoms with van der Waals surface area (Å²) in [6, 6.07) is 16.2. The predicted molar refractivity (Wildman–Crippen MR) is 122 cm³/mol. The molecule has 1 amide bonds. The van der Waals surface area contributed by atoms with Crippen LogP contribution in [0.1, 0.15) is 37.3 Å². The van der Waals surface area contributed by atoms with Crippen molar-refractivity contribution < 1.29 is 9.18 Å². The van der Waals surface area contributed by atoms with Crippen LogP contribution in [0.5, 0.6) is 0 Å². The Bertz CT molecular complexity index is 1310. The smallest absolute Gasteiger partial charge is 0.276 e. The first-order valence-electron chi connectivity index (χ1n) is 10.6. The first-order chi connectivity index (χ1) is 15.4. The molecule has 4 aromatic rings. The van der Waals surface area contributed by atoms with Crippen LogP contribution in [0.2, 0.25) is 0 Å². The van der Waals surface area contributed by atoms with E-state index in [0.29, 0.717) is 17.0 Å². The second-order valence-corrected chi connectivity index (χ2v) is 8.05. The first-order valence-corrected chi connectivity index (χ1v) is 10.6. The van der Waals surface area contributed by atoms with E-state index in [4.69, 9.17) is 0 Å². The number of nitrogens with zero attached hydrogens (tertiary/aromatic N) is 3. The zero-order valence-corrected chi connectivity index (χ0v) is 18.1. The van der Waals surface area contributed by atoms with Gasteiger partial charge in [0.1, 0.15) is 11.3 Å². The third-order valence-electron chi connectivity index (χ3n) is 5.49. The third kappa shape index (κ3) is 4.61. The van der Waals surface area contributed by atoms with Crippen LogP contribution >= 0.6 is 0 Å². The largest absolute Gasteiger partial charge is 0.352 e. The van der Waals surface area contributed by atoms with E-state index in [1.165, 1.54) is 16.2 Å². The molecule has 2 aromatic carbocycles. The van der Waals surface area contributed by atoms with Gasteiger partial charge in [0, 0.05) is 43.0 Å². The van der Waals surface area contributed by atoms with Crippen LogP contribution < -0.4 is 10.9 Å². The Morgan fingerprint density at radius 1 is 1.09 bits per heavy atom. The molecule has 0 aliphatic heterocycles. The number of halogens is 1. The van der Waals surface area contributed by atoms with Gasteiger partial charge in [-0.15, -0.1) is 0 Å². The van der Waals surface area contributed by atoms with Gasteiger partial charge in [-0.1, -0.05) is 56.3 Å². The molecule has 0 radical (unpaired) electrons. The van der Waals surface area contributed by atoms with Crippen LogP contribution in [0.15, 0.2) is 71.8 Å². The number of hydrogen-bond donors (Lipinski definition) is 1. The highest BCUT2D eigenvalue weighted by Gasteiger charge is 2.11. The average Bonchev–Trinajstić information content (AvgIpc) is 3.23. The molecule has 0 aliphatic rings. The summed E-state index contributed by atoms with van der Waals surface area (Å²) < 4.78 is 16.7. The van der Waals surface area contributed by atoms with Crippen LogP contribution in [0.4, 0.5) is 4.39 Å². The predicted octanol–water partition coefficient (Wildman–Crippen LogP) is 4.13. The van der Waals surface area contributed by atoms with Gasteiger partial charge in [0.15, 0.2) is 0 Å². The number of benzene rings is 2. The standard InChI is InChI=1S/C25H25FN4O2/c1-17(2)18-7-9-19(10-8-18)22-15-23-25(32)29(13-14-30(23)28-22)12-11-24(31)27-16-20-5-3-4-6-21(20)26/h3-10,13-15,17H,11-12,16H2,1-2H3,(H,27,31). The molecule has 0 saturated heterocycles. The van der Waals surface area contributed by atoms with Gasteiger partial charge in [0.2, 0.25) is 5.91 Å². The lowest BCUT2D eigenvalue weighted by Gasteiger charge is -2.08. The maximum Gasteiger partial charge on any atom is 0.276 e. The molecule has 0 spiro atoms. The van der Waals surface area contributed by atoms with Gasteiger partial charge < -0.3 is 9.88 Å². The minimum atomic E-state index is -0.357. The van der Waals surface area contributed by atoms with Crippen LogP contribution in [-0.4, -0.2) is 20.1 Å². The Hall–Kier alpha value is -3.74. The number of nitrogens with one attached hydrogen (secondary N) is 1. The van der Waals surface area contributed by atoms with Crippen LogP contribution in [0.25, 0.3) is 16.8 Å². The Morgan fingerprint density at radius 2 is 1.84 bits per heavy atom. The van der Waals surface area contributed by atoms with E-state index in [9.17, 15) is 14.0 Å². The summed E-state index contributed by atoms with van der Waals surface area (Å²) in [6.45, 7) is 4.62. The molecule has 2 heterocycles. The fourth-order valence-corrected chi connectivity index (χ4v) is 3.53. The van der Waals surface area contributed by atoms with Gasteiger partial charge in [-0.3, -0.25) is 9.59 Å². The van der Waals surface area contributed by atoms with Crippen molar-refractivity contribution in [1.82, 2.24) is 19.5 Å². The number of fused-ring (bicyclic) bond motifs is 1. The second-order valence-electron chi connectivity index (χ2n) is 8.05. The van der Waals surface area contributed by atoms with E-state index >= 15 is 0 Å². The lowest BCUT2D eigenvalue weighted by molar-refractivity contribution is -0.121. The first kappa shape index (κ1) is 21.5. The van der Waals surface area contributed by atoms with Crippen molar-refractivity contribution in [2.45, 2.75) is 39.3 Å². The van der Waals surface area contributed by atoms with Crippen molar-refractivity contribution in [3.05, 3.63) is 94.3 Å². The fourth-order valence-electron chi connectivity index (χ4n) is 3.53. The van der Waals surface area contributed by atoms with Crippen molar-refractivity contribution in [2.24, 2.45) is 0 Å². The normalized spacial score (nSPS) is 11.2. The molecule has 0 saturated carbocycles. The molecule has 7 heteroatoms. The molecular formula is C25H25FN4O2. The van der Waals surface area contributed by atoms with Gasteiger partial charge in [0.25, 0.3) is 5.56 Å². The van der Waals surface area contributed by atoms with Crippen molar-refractivity contribution in [3.8, 4) is 11.3 Å². The number of amides is 1. The van der Waals surface area contributed by atoms with E-state index in [1.807, 2.05) is 12.1 Å². The molecule has 4 rings (SSSR count). The molecule has 6 nitrogen and oxygen atoms in total. The molecule has 164 valence electrons. The van der Waals surface area contributed by atoms with Gasteiger partial charge >= 0.3 is 0 Å². The summed E-state index contributed by atoms with van der Waals surface area (Å²) in [6.07, 6.45) is 3.44. The zero-order valence-electron chi connectivity index (χ0n) is 18.1. The highest BCUT2D eigenvalue weighted by Crippen LogP contribution is 2.22. The van der Waals surface area contributed by atoms with Gasteiger partial charge in [-0.2, -0.15) is 5.10 Å². The molecular weight excluding hydrogens is 407 g/mol. The SMILES string of the molecule is CC(C)c1ccc(-c2cc3c(=O)n(CCC(=O)NCc4ccccc4F)ccn3n2)cc1. The highest BCUT2D eigenvalue weighted by atomic mass is 19.1. The summed E-state index contributed by atoms with van der Waals surface area (Å²) >= 11 is 0. The average molecular weight is 432 g/mol. The maximum atomic E-state index is 13.7. The Balaban J connectivity index is 1.45. The van der Waals surface area contributed by atoms with Crippen molar-refractivity contribution >= 4 is 11.4 Å². The van der Waals surface area contributed by atoms with Crippen molar-refractivity contribution in [2.75, 3.05) is 0 Å². The number of aromatic nitrogens is 3. The summed E-state index contributed by atoms with van der Waals surface area (Å²) in [5, 5.41) is 7.21. The van der Waals surface area contributed by atoms with Crippen LogP contribution in [0.3, 0.4) is 0 Å². The summed E-state index contributed by atoms with van der Waals surface area (Å²) in [5.41, 5.74) is 3.56. The van der Waals surface area contributed by atoms with E-state index < -0.39 is 0 Å². The Labute approximate surface area is 185 Å². The third-order valence-corrected chi connectivity index (χ3v) is 5.49. The lowest BCUT2D eigenvalue weighted by atomic mass is 10.0. The van der Waals surface area contributed by atoms with Crippen LogP contribution in [-0.2, 0) is 17.9 Å². The molecule has 0 fully saturated rings. The van der Waals surface area contributed by atoms with E-state index in [0.717, 1.165) is 11.3 Å². The van der Waals surface area contributed by atoms with Gasteiger partial charge in [-0.05, 0) is 23.6 Å². The number of carbonyl (C=O) groups excluding carboxylic acids is 1. The van der Waals surface area contributed by atoms with Gasteiger partial charge in [-0.25, -0.2) is 8.91 Å². The number of carbonyl (C=O) groups is 1. The molecule has 0 aliphatic carbocycles. The number of rotatable bonds is 7. The summed E-state index contributed by atoms with van der Waals surface area (Å²) in [5.74, 6) is -0.162. The quantitative estimate of drug-likeness (QED) is 0.477. The Morgan fingerprint density at radius 3 is 2.56 bits per heavy atom. The Kier molecular flexibility index (Phi) is 6.16. The second kappa shape index (κ2) is 9.18. The lowest BCUT2D eigenvalue weighted by Crippen LogP contribution is -2.27. The monoisotopic (exact) mass is 432 g/mol. The van der Waals surface area contributed by atoms with Crippen molar-refractivity contribution in [1.29, 1.82) is 0 Å². The van der Waals surface area contributed by atoms with E-state index in [2.05, 4.69) is 36.4 Å². The summed E-state index contributed by atoms with van der Waals surface area (Å²) in [4.78, 5) is 25.0. The molecule has 32 heavy (non-hydrogen) atoms. The molecule has 0 unspecified atom stereocenters. The van der Waals surface area contributed by atoms with Crippen molar-refractivity contribution in [3.63, 3.8) is 0 Å². The fraction of sp³-hybridized carbons (Fsp3) is 0.240. The van der Waals surface area contributed by atoms with Crippen LogP contribution in [0, 0.1) is 5.82 Å². The minimum absolute atomic E-state index is 0.112. The molecule has 0 bridgehead atoms. The summed E-state index contributed by atoms with van der Waals surface area (Å²) in [7, 11) is 0. The van der Waals surface area contributed by atoms with Gasteiger partial charge in [0.05, 0.1) is 5.69 Å². The number of hydrogen-bond acceptors (Lipinski definition) is 3. The molecule has 0 atom stereocenters. The highest BCUT2D eigenvalue weighted by molar-refractivity contribution is 5.75. The molecule has 1 N–H and O–H groups in total. The maximum absolute atomic E-state index is 13.7. The topological polar surface area (TPSA) is 68.4 Å². The molecule has 2 aromatic heterocycles. The van der Waals surface area contributed by atoms with E-state index in [1.54, 1.807) is 41.2 Å². The van der Waals surface area contributed by atoms with E-state index in [-0.39, 0.29) is 36.8 Å². The number of aryl methyl sites for hydroxylation is 1. The zero-order chi connectivity index (χ0) is 22.7.